The van der Waals surface area contributed by atoms with Gasteiger partial charge in [0.25, 0.3) is 0 Å². The highest BCUT2D eigenvalue weighted by atomic mass is 16.5. The number of piperidine rings is 2. The Kier molecular flexibility index (Phi) is 7.29. The molecule has 2 aromatic rings. The molecule has 2 atom stereocenters. The van der Waals surface area contributed by atoms with Crippen LogP contribution in [0.5, 0.6) is 5.75 Å². The summed E-state index contributed by atoms with van der Waals surface area (Å²) in [7, 11) is 0. The standard InChI is InChI=1S/C30H38N2O3/c1-2-20-6-10-26(11-7-20)35-29-13-9-22-16-21(8-12-27(22)28(29)19-31)14-15-32-24-4-3-5-25(32)18-23(17-24)30(33)34/h8-9,12-13,16,20,23-26H,2-7,10-11,14-15,17-18H2,1H3,(H,33,34). The molecule has 0 aromatic heterocycles. The molecule has 0 amide bonds. The molecule has 5 rings (SSSR count). The zero-order valence-corrected chi connectivity index (χ0v) is 20.9. The van der Waals surface area contributed by atoms with E-state index in [4.69, 9.17) is 4.74 Å². The Morgan fingerprint density at radius 1 is 1.09 bits per heavy atom. The first kappa shape index (κ1) is 24.1. The van der Waals surface area contributed by atoms with Crippen LogP contribution in [0.3, 0.4) is 0 Å². The van der Waals surface area contributed by atoms with Crippen LogP contribution in [0.4, 0.5) is 0 Å². The number of carboxylic acids is 1. The van der Waals surface area contributed by atoms with E-state index in [1.54, 1.807) is 0 Å². The van der Waals surface area contributed by atoms with Crippen molar-refractivity contribution in [2.24, 2.45) is 11.8 Å². The van der Waals surface area contributed by atoms with Gasteiger partial charge < -0.3 is 9.84 Å². The van der Waals surface area contributed by atoms with Crippen molar-refractivity contribution in [2.45, 2.75) is 95.7 Å². The quantitative estimate of drug-likeness (QED) is 0.508. The Balaban J connectivity index is 1.26. The van der Waals surface area contributed by atoms with Crippen LogP contribution in [-0.2, 0) is 11.2 Å². The first-order valence-corrected chi connectivity index (χ1v) is 13.7. The number of hydrogen-bond donors (Lipinski definition) is 1. The molecule has 5 nitrogen and oxygen atoms in total. The minimum absolute atomic E-state index is 0.176. The molecule has 2 aliphatic heterocycles. The Bertz CT molecular complexity index is 1080. The number of nitriles is 1. The lowest BCUT2D eigenvalue weighted by atomic mass is 9.78. The molecule has 2 unspecified atom stereocenters. The lowest BCUT2D eigenvalue weighted by Crippen LogP contribution is -2.53. The Hall–Kier alpha value is -2.58. The molecule has 186 valence electrons. The van der Waals surface area contributed by atoms with Crippen LogP contribution >= 0.6 is 0 Å². The van der Waals surface area contributed by atoms with Gasteiger partial charge in [-0.25, -0.2) is 0 Å². The van der Waals surface area contributed by atoms with E-state index in [1.165, 1.54) is 31.2 Å². The smallest absolute Gasteiger partial charge is 0.306 e. The van der Waals surface area contributed by atoms with E-state index in [-0.39, 0.29) is 12.0 Å². The van der Waals surface area contributed by atoms with Gasteiger partial charge in [0.15, 0.2) is 0 Å². The molecule has 3 aliphatic rings. The molecule has 0 spiro atoms. The molecule has 5 heteroatoms. The summed E-state index contributed by atoms with van der Waals surface area (Å²) in [5.74, 6) is 0.747. The highest BCUT2D eigenvalue weighted by Crippen LogP contribution is 2.38. The van der Waals surface area contributed by atoms with Crippen LogP contribution in [0, 0.1) is 23.2 Å². The number of benzene rings is 2. The maximum absolute atomic E-state index is 11.6. The minimum Gasteiger partial charge on any atom is -0.489 e. The maximum Gasteiger partial charge on any atom is 0.306 e. The van der Waals surface area contributed by atoms with Crippen molar-refractivity contribution >= 4 is 16.7 Å². The number of aliphatic carboxylic acids is 1. The molecule has 1 aliphatic carbocycles. The first-order valence-electron chi connectivity index (χ1n) is 13.7. The van der Waals surface area contributed by atoms with E-state index < -0.39 is 5.97 Å². The average molecular weight is 475 g/mol. The van der Waals surface area contributed by atoms with Crippen molar-refractivity contribution < 1.29 is 14.6 Å². The van der Waals surface area contributed by atoms with Crippen LogP contribution in [0.15, 0.2) is 30.3 Å². The zero-order chi connectivity index (χ0) is 24.4. The predicted molar refractivity (Wildman–Crippen MR) is 138 cm³/mol. The van der Waals surface area contributed by atoms with Crippen molar-refractivity contribution in [3.8, 4) is 11.8 Å². The lowest BCUT2D eigenvalue weighted by molar-refractivity contribution is -0.146. The zero-order valence-electron chi connectivity index (χ0n) is 20.9. The van der Waals surface area contributed by atoms with Gasteiger partial charge in [0.2, 0.25) is 0 Å². The van der Waals surface area contributed by atoms with Gasteiger partial charge in [0.05, 0.1) is 12.0 Å². The van der Waals surface area contributed by atoms with Gasteiger partial charge in [-0.15, -0.1) is 0 Å². The molecular formula is C30H38N2O3. The van der Waals surface area contributed by atoms with Gasteiger partial charge >= 0.3 is 5.97 Å². The number of fused-ring (bicyclic) bond motifs is 3. The summed E-state index contributed by atoms with van der Waals surface area (Å²) >= 11 is 0. The SMILES string of the molecule is CCC1CCC(Oc2ccc3cc(CCN4C5CCCC4CC(C(=O)O)C5)ccc3c2C#N)CC1. The highest BCUT2D eigenvalue weighted by molar-refractivity contribution is 5.90. The minimum atomic E-state index is -0.624. The summed E-state index contributed by atoms with van der Waals surface area (Å²) in [5, 5.41) is 21.5. The van der Waals surface area contributed by atoms with E-state index in [1.807, 2.05) is 6.07 Å². The normalized spacial score (nSPS) is 29.0. The van der Waals surface area contributed by atoms with Crippen LogP contribution in [0.25, 0.3) is 10.8 Å². The molecule has 0 radical (unpaired) electrons. The lowest BCUT2D eigenvalue weighted by Gasteiger charge is -2.48. The topological polar surface area (TPSA) is 73.6 Å². The van der Waals surface area contributed by atoms with E-state index in [0.717, 1.165) is 73.9 Å². The molecule has 2 aromatic carbocycles. The monoisotopic (exact) mass is 474 g/mol. The summed E-state index contributed by atoms with van der Waals surface area (Å²) in [6.07, 6.45) is 12.0. The van der Waals surface area contributed by atoms with Gasteiger partial charge in [-0.05, 0) is 80.7 Å². The fraction of sp³-hybridized carbons (Fsp3) is 0.600. The van der Waals surface area contributed by atoms with Crippen molar-refractivity contribution in [1.82, 2.24) is 4.90 Å². The fourth-order valence-electron chi connectivity index (χ4n) is 6.87. The fourth-order valence-corrected chi connectivity index (χ4v) is 6.87. The van der Waals surface area contributed by atoms with Crippen LogP contribution < -0.4 is 4.74 Å². The first-order chi connectivity index (χ1) is 17.1. The summed E-state index contributed by atoms with van der Waals surface area (Å²) in [6.45, 7) is 3.24. The molecule has 1 N–H and O–H groups in total. The molecule has 3 fully saturated rings. The number of hydrogen-bond acceptors (Lipinski definition) is 4. The second-order valence-electron chi connectivity index (χ2n) is 11.0. The van der Waals surface area contributed by atoms with Gasteiger partial charge in [0.1, 0.15) is 17.4 Å². The Morgan fingerprint density at radius 3 is 2.49 bits per heavy atom. The van der Waals surface area contributed by atoms with Gasteiger partial charge in [-0.2, -0.15) is 5.26 Å². The molecule has 2 saturated heterocycles. The van der Waals surface area contributed by atoms with Crippen molar-refractivity contribution in [2.75, 3.05) is 6.54 Å². The van der Waals surface area contributed by atoms with Crippen LogP contribution in [0.1, 0.15) is 82.3 Å². The molecular weight excluding hydrogens is 436 g/mol. The van der Waals surface area contributed by atoms with Gasteiger partial charge in [0, 0.05) is 24.0 Å². The number of carboxylic acid groups (broad SMARTS) is 1. The van der Waals surface area contributed by atoms with Crippen molar-refractivity contribution in [1.29, 1.82) is 5.26 Å². The Labute approximate surface area is 209 Å². The third-order valence-electron chi connectivity index (χ3n) is 8.96. The molecule has 1 saturated carbocycles. The third kappa shape index (κ3) is 5.19. The largest absolute Gasteiger partial charge is 0.489 e. The average Bonchev–Trinajstić information content (AvgIpc) is 2.87. The van der Waals surface area contributed by atoms with Crippen molar-refractivity contribution in [3.63, 3.8) is 0 Å². The summed E-state index contributed by atoms with van der Waals surface area (Å²) in [4.78, 5) is 14.1. The van der Waals surface area contributed by atoms with Gasteiger partial charge in [-0.3, -0.25) is 9.69 Å². The number of nitrogens with zero attached hydrogens (tertiary/aromatic N) is 2. The highest BCUT2D eigenvalue weighted by Gasteiger charge is 2.40. The van der Waals surface area contributed by atoms with E-state index in [9.17, 15) is 15.2 Å². The number of ether oxygens (including phenoxy) is 1. The Morgan fingerprint density at radius 2 is 1.83 bits per heavy atom. The second kappa shape index (κ2) is 10.6. The van der Waals surface area contributed by atoms with E-state index >= 15 is 0 Å². The predicted octanol–water partition coefficient (Wildman–Crippen LogP) is 6.32. The molecule has 2 heterocycles. The number of rotatable bonds is 7. The van der Waals surface area contributed by atoms with Crippen LogP contribution in [-0.4, -0.2) is 40.7 Å². The molecule has 35 heavy (non-hydrogen) atoms. The summed E-state index contributed by atoms with van der Waals surface area (Å²) < 4.78 is 6.33. The third-order valence-corrected chi connectivity index (χ3v) is 8.96. The summed E-state index contributed by atoms with van der Waals surface area (Å²) in [5.41, 5.74) is 1.92. The second-order valence-corrected chi connectivity index (χ2v) is 11.0. The van der Waals surface area contributed by atoms with E-state index in [2.05, 4.69) is 42.2 Å². The van der Waals surface area contributed by atoms with Gasteiger partial charge in [-0.1, -0.05) is 44.0 Å². The molecule has 2 bridgehead atoms. The van der Waals surface area contributed by atoms with Crippen molar-refractivity contribution in [3.05, 3.63) is 41.5 Å². The number of carbonyl (C=O) groups is 1. The summed E-state index contributed by atoms with van der Waals surface area (Å²) in [6, 6.07) is 13.8. The van der Waals surface area contributed by atoms with Crippen LogP contribution in [0.2, 0.25) is 0 Å². The van der Waals surface area contributed by atoms with E-state index in [0.29, 0.717) is 17.6 Å². The maximum atomic E-state index is 11.6.